The molecule has 2 fully saturated rings. The van der Waals surface area contributed by atoms with Crippen molar-refractivity contribution in [2.75, 3.05) is 62.6 Å². The Morgan fingerprint density at radius 1 is 1.11 bits per heavy atom. The summed E-state index contributed by atoms with van der Waals surface area (Å²) in [6, 6.07) is 2.01. The molecule has 2 N–H and O–H groups in total. The Balaban J connectivity index is 1.37. The fraction of sp³-hybridized carbons (Fsp3) is 0.444. The van der Waals surface area contributed by atoms with E-state index >= 15 is 0 Å². The maximum atomic E-state index is 14.5. The van der Waals surface area contributed by atoms with E-state index in [0.717, 1.165) is 18.2 Å². The number of nitrogens with one attached hydrogen (secondary N) is 2. The van der Waals surface area contributed by atoms with E-state index in [4.69, 9.17) is 21.1 Å². The number of benzene rings is 1. The second-order valence-corrected chi connectivity index (χ2v) is 13.8. The molecule has 1 aromatic carbocycles. The van der Waals surface area contributed by atoms with Gasteiger partial charge in [0.25, 0.3) is 5.91 Å². The molecule has 2 atom stereocenters. The Labute approximate surface area is 312 Å². The average Bonchev–Trinajstić information content (AvgIpc) is 3.11. The molecule has 0 radical (unpaired) electrons. The second kappa shape index (κ2) is 15.3. The smallest absolute Gasteiger partial charge is 0.416 e. The van der Waals surface area contributed by atoms with E-state index in [1.165, 1.54) is 19.5 Å². The number of H-pyrrole nitrogens is 1. The van der Waals surface area contributed by atoms with Gasteiger partial charge in [-0.2, -0.15) is 13.2 Å². The van der Waals surface area contributed by atoms with Crippen molar-refractivity contribution in [1.82, 2.24) is 24.4 Å². The van der Waals surface area contributed by atoms with Crippen LogP contribution in [0.2, 0.25) is 5.02 Å². The number of pyridine rings is 2. The number of aromatic nitrogens is 4. The Kier molecular flexibility index (Phi) is 10.9. The summed E-state index contributed by atoms with van der Waals surface area (Å²) in [6.45, 7) is 3.87. The van der Waals surface area contributed by atoms with Crippen molar-refractivity contribution in [3.63, 3.8) is 0 Å². The highest BCUT2D eigenvalue weighted by Crippen LogP contribution is 2.39. The minimum atomic E-state index is -4.62. The SMILES string of the molecule is CCc1c(N2CCN(C(=O)c3c(OCCOC)[nH]cc(C)c3=O)[C@H]3CC[C@@H]32)c(=O)c2nc(N(C)C)cnc2n1CC(=O)Nc1ccc(C(F)(F)F)cc1Cl. The first-order valence-electron chi connectivity index (χ1n) is 17.3. The number of nitrogens with zero attached hydrogens (tertiary/aromatic N) is 6. The van der Waals surface area contributed by atoms with Crippen LogP contribution in [0.5, 0.6) is 5.88 Å². The molecule has 1 saturated carbocycles. The van der Waals surface area contributed by atoms with E-state index < -0.39 is 34.4 Å². The molecule has 6 rings (SSSR count). The second-order valence-electron chi connectivity index (χ2n) is 13.3. The predicted molar refractivity (Wildman–Crippen MR) is 197 cm³/mol. The van der Waals surface area contributed by atoms with Crippen LogP contribution < -0.4 is 30.7 Å². The zero-order chi connectivity index (χ0) is 39.1. The molecule has 2 amide bonds. The first-order chi connectivity index (χ1) is 25.7. The molecule has 0 bridgehead atoms. The number of aryl methyl sites for hydroxylation is 1. The Bertz CT molecular complexity index is 2230. The van der Waals surface area contributed by atoms with Gasteiger partial charge < -0.3 is 39.0 Å². The van der Waals surface area contributed by atoms with E-state index in [-0.39, 0.29) is 78.2 Å². The first-order valence-corrected chi connectivity index (χ1v) is 17.7. The molecule has 1 saturated heterocycles. The summed E-state index contributed by atoms with van der Waals surface area (Å²) < 4.78 is 52.1. The highest BCUT2D eigenvalue weighted by atomic mass is 35.5. The van der Waals surface area contributed by atoms with Crippen molar-refractivity contribution in [2.24, 2.45) is 0 Å². The highest BCUT2D eigenvalue weighted by molar-refractivity contribution is 6.33. The number of ether oxygens (including phenoxy) is 2. The molecule has 4 aromatic rings. The summed E-state index contributed by atoms with van der Waals surface area (Å²) in [5.74, 6) is -0.632. The van der Waals surface area contributed by atoms with E-state index in [2.05, 4.69) is 20.3 Å². The summed E-state index contributed by atoms with van der Waals surface area (Å²) in [5.41, 5.74) is -0.582. The number of anilines is 3. The molecule has 1 aliphatic carbocycles. The fourth-order valence-electron chi connectivity index (χ4n) is 6.95. The van der Waals surface area contributed by atoms with Crippen LogP contribution in [0.4, 0.5) is 30.4 Å². The topological polar surface area (TPSA) is 155 Å². The van der Waals surface area contributed by atoms with Gasteiger partial charge in [0.15, 0.2) is 11.2 Å². The van der Waals surface area contributed by atoms with Crippen LogP contribution in [0.1, 0.15) is 46.9 Å². The number of fused-ring (bicyclic) bond motifs is 2. The number of rotatable bonds is 11. The number of aromatic amines is 1. The van der Waals surface area contributed by atoms with Crippen LogP contribution in [0, 0.1) is 6.92 Å². The lowest BCUT2D eigenvalue weighted by Gasteiger charge is -2.54. The quantitative estimate of drug-likeness (QED) is 0.212. The highest BCUT2D eigenvalue weighted by Gasteiger charge is 2.47. The van der Waals surface area contributed by atoms with E-state index in [1.807, 2.05) is 11.8 Å². The molecule has 2 aliphatic rings. The van der Waals surface area contributed by atoms with Crippen LogP contribution >= 0.6 is 11.6 Å². The van der Waals surface area contributed by atoms with Gasteiger partial charge in [0.2, 0.25) is 22.6 Å². The van der Waals surface area contributed by atoms with Crippen LogP contribution in [-0.2, 0) is 28.7 Å². The van der Waals surface area contributed by atoms with E-state index in [9.17, 15) is 32.3 Å². The predicted octanol–water partition coefficient (Wildman–Crippen LogP) is 4.25. The monoisotopic (exact) mass is 772 g/mol. The van der Waals surface area contributed by atoms with Gasteiger partial charge in [-0.1, -0.05) is 18.5 Å². The number of alkyl halides is 3. The normalized spacial score (nSPS) is 16.9. The number of hydrogen-bond donors (Lipinski definition) is 2. The number of carbonyl (C=O) groups is 2. The lowest BCUT2D eigenvalue weighted by Crippen LogP contribution is -2.67. The minimum absolute atomic E-state index is 0.0166. The minimum Gasteiger partial charge on any atom is -0.476 e. The Morgan fingerprint density at radius 2 is 1.85 bits per heavy atom. The van der Waals surface area contributed by atoms with Crippen molar-refractivity contribution in [3.8, 4) is 5.88 Å². The van der Waals surface area contributed by atoms with Crippen LogP contribution in [-0.4, -0.2) is 95.8 Å². The van der Waals surface area contributed by atoms with Crippen LogP contribution in [0.3, 0.4) is 0 Å². The van der Waals surface area contributed by atoms with Gasteiger partial charge in [-0.05, 0) is 44.4 Å². The molecule has 1 aliphatic heterocycles. The van der Waals surface area contributed by atoms with Crippen LogP contribution in [0.25, 0.3) is 11.2 Å². The molecule has 0 spiro atoms. The summed E-state index contributed by atoms with van der Waals surface area (Å²) in [7, 11) is 5.01. The summed E-state index contributed by atoms with van der Waals surface area (Å²) >= 11 is 6.14. The van der Waals surface area contributed by atoms with Crippen molar-refractivity contribution >= 4 is 51.8 Å². The van der Waals surface area contributed by atoms with Gasteiger partial charge in [-0.3, -0.25) is 19.2 Å². The third kappa shape index (κ3) is 7.21. The number of halogens is 4. The van der Waals surface area contributed by atoms with Gasteiger partial charge in [-0.15, -0.1) is 0 Å². The summed E-state index contributed by atoms with van der Waals surface area (Å²) in [6.07, 6.45) is -0.0774. The van der Waals surface area contributed by atoms with Gasteiger partial charge >= 0.3 is 6.18 Å². The average molecular weight is 773 g/mol. The van der Waals surface area contributed by atoms with Crippen molar-refractivity contribution in [2.45, 2.75) is 57.9 Å². The molecule has 18 heteroatoms. The molecule has 14 nitrogen and oxygen atoms in total. The Morgan fingerprint density at radius 3 is 2.48 bits per heavy atom. The Hall–Kier alpha value is -5.16. The lowest BCUT2D eigenvalue weighted by atomic mass is 9.81. The third-order valence-electron chi connectivity index (χ3n) is 9.80. The van der Waals surface area contributed by atoms with Gasteiger partial charge in [-0.25, -0.2) is 9.97 Å². The first kappa shape index (κ1) is 38.6. The number of hydrogen-bond acceptors (Lipinski definition) is 10. The number of carbonyl (C=O) groups excluding carboxylic acids is 2. The molecule has 0 unspecified atom stereocenters. The maximum absolute atomic E-state index is 14.5. The summed E-state index contributed by atoms with van der Waals surface area (Å²) in [5, 5.41) is 2.30. The fourth-order valence-corrected chi connectivity index (χ4v) is 7.18. The largest absolute Gasteiger partial charge is 0.476 e. The van der Waals surface area contributed by atoms with Gasteiger partial charge in [0.05, 0.1) is 35.1 Å². The zero-order valence-electron chi connectivity index (χ0n) is 30.3. The molecular weight excluding hydrogens is 733 g/mol. The standard InChI is InChI=1S/C36H40ClF3N8O6/c1-6-23-30(46-11-12-47(25-10-9-24(25)46)35(52)28-31(50)19(2)16-42-34(28)54-14-13-53-5)32(51)29-33(41-17-26(44-29)45(3)4)48(23)18-27(49)43-22-8-7-20(15-21(22)37)36(38,39)40/h7-8,15-17,24-25H,6,9-14,18H2,1-5H3,(H,42,50)(H,43,49)/t24-,25-/m0/s1. The molecule has 3 aromatic heterocycles. The van der Waals surface area contributed by atoms with Crippen molar-refractivity contribution < 1.29 is 32.2 Å². The van der Waals surface area contributed by atoms with Crippen LogP contribution in [0.15, 0.2) is 40.2 Å². The number of methoxy groups -OCH3 is 1. The molecule has 288 valence electrons. The molecular formula is C36H40ClF3N8O6. The van der Waals surface area contributed by atoms with E-state index in [1.54, 1.807) is 35.4 Å². The summed E-state index contributed by atoms with van der Waals surface area (Å²) in [4.78, 5) is 72.9. The lowest BCUT2D eigenvalue weighted by molar-refractivity contribution is -0.137. The molecule has 4 heterocycles. The van der Waals surface area contributed by atoms with Gasteiger partial charge in [0.1, 0.15) is 30.2 Å². The van der Waals surface area contributed by atoms with Crippen molar-refractivity contribution in [1.29, 1.82) is 0 Å². The van der Waals surface area contributed by atoms with Crippen molar-refractivity contribution in [3.05, 3.63) is 78.4 Å². The van der Waals surface area contributed by atoms with E-state index in [0.29, 0.717) is 42.0 Å². The maximum Gasteiger partial charge on any atom is 0.416 e. The van der Waals surface area contributed by atoms with Gasteiger partial charge in [0, 0.05) is 57.8 Å². The third-order valence-corrected chi connectivity index (χ3v) is 10.1. The zero-order valence-corrected chi connectivity index (χ0v) is 31.1. The molecule has 54 heavy (non-hydrogen) atoms. The number of piperazine rings is 1. The number of amides is 2.